The van der Waals surface area contributed by atoms with Crippen LogP contribution < -0.4 is 15.6 Å². The van der Waals surface area contributed by atoms with Gasteiger partial charge in [-0.2, -0.15) is 0 Å². The summed E-state index contributed by atoms with van der Waals surface area (Å²) in [5, 5.41) is 3.59. The first-order valence-electron chi connectivity index (χ1n) is 10.7. The van der Waals surface area contributed by atoms with E-state index in [-0.39, 0.29) is 16.4 Å². The van der Waals surface area contributed by atoms with E-state index in [2.05, 4.69) is 5.32 Å². The van der Waals surface area contributed by atoms with Crippen molar-refractivity contribution in [2.45, 2.75) is 6.42 Å². The molecule has 3 aromatic rings. The summed E-state index contributed by atoms with van der Waals surface area (Å²) in [5.74, 6) is -0.198. The van der Waals surface area contributed by atoms with E-state index in [1.165, 1.54) is 23.1 Å². The van der Waals surface area contributed by atoms with E-state index in [4.69, 9.17) is 20.8 Å². The Balaban J connectivity index is 1.70. The summed E-state index contributed by atoms with van der Waals surface area (Å²) in [4.78, 5) is 29.1. The van der Waals surface area contributed by atoms with Crippen LogP contribution in [0.15, 0.2) is 45.6 Å². The van der Waals surface area contributed by atoms with Crippen LogP contribution in [0.4, 0.5) is 16.0 Å². The molecule has 2 heterocycles. The molecule has 0 atom stereocenters. The molecular weight excluding hydrogens is 449 g/mol. The molecule has 0 saturated carbocycles. The fourth-order valence-electron chi connectivity index (χ4n) is 3.77. The monoisotopic (exact) mass is 473 g/mol. The highest BCUT2D eigenvalue weighted by Crippen LogP contribution is 2.26. The smallest absolute Gasteiger partial charge is 0.253 e. The second-order valence-electron chi connectivity index (χ2n) is 8.07. The fourth-order valence-corrected chi connectivity index (χ4v) is 3.95. The second kappa shape index (κ2) is 9.80. The van der Waals surface area contributed by atoms with Gasteiger partial charge in [0.2, 0.25) is 0 Å². The minimum Gasteiger partial charge on any atom is -0.440 e. The highest BCUT2D eigenvalue weighted by atomic mass is 35.5. The van der Waals surface area contributed by atoms with Crippen LogP contribution in [0.3, 0.4) is 0 Å². The Morgan fingerprint density at radius 1 is 1.18 bits per heavy atom. The third-order valence-corrected chi connectivity index (χ3v) is 5.80. The molecule has 1 fully saturated rings. The van der Waals surface area contributed by atoms with Crippen molar-refractivity contribution in [1.29, 1.82) is 0 Å². The first-order chi connectivity index (χ1) is 15.8. The van der Waals surface area contributed by atoms with E-state index in [1.54, 1.807) is 32.3 Å². The standard InChI is InChI=1S/C24H25ClFN3O4/c1-28(2)24(31)16-11-15(5-6-27-17-3-4-20(26)19(25)13-17)23-18(12-16)21(30)14-22(33-23)29-7-9-32-10-8-29/h3-4,11-14,27H,5-10H2,1-2H3. The van der Waals surface area contributed by atoms with E-state index >= 15 is 0 Å². The lowest BCUT2D eigenvalue weighted by Crippen LogP contribution is -2.36. The van der Waals surface area contributed by atoms with Crippen molar-refractivity contribution in [2.24, 2.45) is 0 Å². The lowest BCUT2D eigenvalue weighted by molar-refractivity contribution is 0.0827. The van der Waals surface area contributed by atoms with Crippen LogP contribution in [0.5, 0.6) is 0 Å². The number of carbonyl (C=O) groups excluding carboxylic acids is 1. The molecule has 1 aromatic heterocycles. The van der Waals surface area contributed by atoms with Gasteiger partial charge in [0.15, 0.2) is 11.3 Å². The minimum atomic E-state index is -0.486. The van der Waals surface area contributed by atoms with Crippen molar-refractivity contribution in [3.05, 3.63) is 68.6 Å². The van der Waals surface area contributed by atoms with Gasteiger partial charge in [-0.3, -0.25) is 9.59 Å². The SMILES string of the molecule is CN(C)C(=O)c1cc(CCNc2ccc(F)c(Cl)c2)c2oc(N3CCOCC3)cc(=O)c2c1. The number of ether oxygens (including phenoxy) is 1. The number of nitrogens with one attached hydrogen (secondary N) is 1. The molecule has 174 valence electrons. The third-order valence-electron chi connectivity index (χ3n) is 5.51. The van der Waals surface area contributed by atoms with Gasteiger partial charge in [0.25, 0.3) is 5.91 Å². The topological polar surface area (TPSA) is 75.0 Å². The molecule has 1 amide bonds. The quantitative estimate of drug-likeness (QED) is 0.587. The fraction of sp³-hybridized carbons (Fsp3) is 0.333. The van der Waals surface area contributed by atoms with E-state index in [9.17, 15) is 14.0 Å². The van der Waals surface area contributed by atoms with Crippen LogP contribution in [0, 0.1) is 5.82 Å². The first-order valence-corrected chi connectivity index (χ1v) is 11.1. The Kier molecular flexibility index (Phi) is 6.85. The number of nitrogens with zero attached hydrogens (tertiary/aromatic N) is 2. The van der Waals surface area contributed by atoms with Crippen molar-refractivity contribution >= 4 is 40.0 Å². The zero-order valence-electron chi connectivity index (χ0n) is 18.5. The molecule has 0 unspecified atom stereocenters. The van der Waals surface area contributed by atoms with Crippen LogP contribution >= 0.6 is 11.6 Å². The minimum absolute atomic E-state index is 0.0326. The summed E-state index contributed by atoms with van der Waals surface area (Å²) in [7, 11) is 3.33. The molecule has 0 bridgehead atoms. The second-order valence-corrected chi connectivity index (χ2v) is 8.47. The van der Waals surface area contributed by atoms with Gasteiger partial charge in [-0.25, -0.2) is 4.39 Å². The maximum absolute atomic E-state index is 13.4. The number of hydrogen-bond acceptors (Lipinski definition) is 6. The van der Waals surface area contributed by atoms with Crippen LogP contribution in [0.2, 0.25) is 5.02 Å². The first kappa shape index (κ1) is 23.1. The zero-order valence-corrected chi connectivity index (χ0v) is 19.2. The Labute approximate surface area is 195 Å². The number of morpholine rings is 1. The summed E-state index contributed by atoms with van der Waals surface area (Å²) in [6, 6.07) is 9.23. The summed E-state index contributed by atoms with van der Waals surface area (Å²) < 4.78 is 25.0. The Hall–Kier alpha value is -3.10. The van der Waals surface area contributed by atoms with Crippen molar-refractivity contribution in [3.63, 3.8) is 0 Å². The Bertz CT molecular complexity index is 1240. The van der Waals surface area contributed by atoms with Crippen molar-refractivity contribution in [3.8, 4) is 0 Å². The molecule has 1 N–H and O–H groups in total. The number of anilines is 2. The van der Waals surface area contributed by atoms with E-state index < -0.39 is 5.82 Å². The molecule has 1 aliphatic heterocycles. The van der Waals surface area contributed by atoms with E-state index in [0.717, 1.165) is 5.56 Å². The average Bonchev–Trinajstić information content (AvgIpc) is 2.81. The lowest BCUT2D eigenvalue weighted by Gasteiger charge is -2.27. The number of benzene rings is 2. The molecule has 2 aromatic carbocycles. The number of fused-ring (bicyclic) bond motifs is 1. The van der Waals surface area contributed by atoms with Gasteiger partial charge in [0.1, 0.15) is 11.4 Å². The van der Waals surface area contributed by atoms with Gasteiger partial charge in [-0.1, -0.05) is 11.6 Å². The molecule has 4 rings (SSSR count). The Morgan fingerprint density at radius 2 is 1.94 bits per heavy atom. The largest absolute Gasteiger partial charge is 0.440 e. The summed E-state index contributed by atoms with van der Waals surface area (Å²) >= 11 is 5.86. The normalized spacial score (nSPS) is 13.9. The molecule has 0 spiro atoms. The molecule has 1 saturated heterocycles. The highest BCUT2D eigenvalue weighted by molar-refractivity contribution is 6.31. The number of carbonyl (C=O) groups is 1. The molecule has 0 radical (unpaired) electrons. The van der Waals surface area contributed by atoms with E-state index in [1.807, 2.05) is 4.90 Å². The Morgan fingerprint density at radius 3 is 2.64 bits per heavy atom. The van der Waals surface area contributed by atoms with Crippen LogP contribution in [-0.2, 0) is 11.2 Å². The number of rotatable bonds is 6. The maximum Gasteiger partial charge on any atom is 0.253 e. The highest BCUT2D eigenvalue weighted by Gasteiger charge is 2.19. The van der Waals surface area contributed by atoms with Gasteiger partial charge < -0.3 is 24.3 Å². The maximum atomic E-state index is 13.4. The zero-order chi connectivity index (χ0) is 23.5. The van der Waals surface area contributed by atoms with Gasteiger partial charge >= 0.3 is 0 Å². The molecule has 1 aliphatic rings. The van der Waals surface area contributed by atoms with Crippen LogP contribution in [-0.4, -0.2) is 57.8 Å². The van der Waals surface area contributed by atoms with Crippen molar-refractivity contribution in [1.82, 2.24) is 4.90 Å². The summed E-state index contributed by atoms with van der Waals surface area (Å²) in [6.45, 7) is 2.86. The summed E-state index contributed by atoms with van der Waals surface area (Å²) in [6.07, 6.45) is 0.468. The van der Waals surface area contributed by atoms with Crippen LogP contribution in [0.25, 0.3) is 11.0 Å². The number of halogens is 2. The van der Waals surface area contributed by atoms with E-state index in [0.29, 0.717) is 67.4 Å². The molecule has 0 aliphatic carbocycles. The van der Waals surface area contributed by atoms with Gasteiger partial charge in [0.05, 0.1) is 23.6 Å². The van der Waals surface area contributed by atoms with Gasteiger partial charge in [0, 0.05) is 51.0 Å². The predicted octanol–water partition coefficient (Wildman–Crippen LogP) is 3.78. The molecule has 33 heavy (non-hydrogen) atoms. The van der Waals surface area contributed by atoms with Crippen LogP contribution in [0.1, 0.15) is 15.9 Å². The summed E-state index contributed by atoms with van der Waals surface area (Å²) in [5.41, 5.74) is 2.06. The van der Waals surface area contributed by atoms with Crippen molar-refractivity contribution < 1.29 is 18.3 Å². The number of hydrogen-bond donors (Lipinski definition) is 1. The predicted molar refractivity (Wildman–Crippen MR) is 127 cm³/mol. The molecular formula is C24H25ClFN3O4. The average molecular weight is 474 g/mol. The number of amides is 1. The lowest BCUT2D eigenvalue weighted by atomic mass is 10.0. The van der Waals surface area contributed by atoms with Gasteiger partial charge in [-0.05, 0) is 42.3 Å². The molecule has 9 heteroatoms. The van der Waals surface area contributed by atoms with Crippen molar-refractivity contribution in [2.75, 3.05) is 57.2 Å². The molecule has 7 nitrogen and oxygen atoms in total. The van der Waals surface area contributed by atoms with Gasteiger partial charge in [-0.15, -0.1) is 0 Å². The third kappa shape index (κ3) is 5.12.